The second kappa shape index (κ2) is 11.6. The standard InChI is InChI=1S/C25H34O14/c1-25(2)5-4-10-6-11(13(34-3)7-12(10)39-25)22(33)38-24-21(32)19(30)17(28)15(37-24)9-35-23-20(31)18(29)16(27)14(8-26)36-23/h4-7,14-21,23-24,26-32H,8-9H2,1-3H3. The average Bonchev–Trinajstić information content (AvgIpc) is 2.90. The quantitative estimate of drug-likeness (QED) is 0.175. The Hall–Kier alpha value is -2.37. The maximum Gasteiger partial charge on any atom is 0.344 e. The number of fused-ring (bicyclic) bond motifs is 1. The zero-order valence-electron chi connectivity index (χ0n) is 21.5. The van der Waals surface area contributed by atoms with E-state index in [9.17, 15) is 40.5 Å². The summed E-state index contributed by atoms with van der Waals surface area (Å²) < 4.78 is 32.6. The molecule has 1 aromatic carbocycles. The second-order valence-corrected chi connectivity index (χ2v) is 10.1. The van der Waals surface area contributed by atoms with Crippen molar-refractivity contribution in [3.05, 3.63) is 29.3 Å². The number of hydrogen-bond donors (Lipinski definition) is 7. The zero-order chi connectivity index (χ0) is 28.6. The molecular weight excluding hydrogens is 524 g/mol. The molecule has 39 heavy (non-hydrogen) atoms. The number of carbonyl (C=O) groups is 1. The summed E-state index contributed by atoms with van der Waals surface area (Å²) in [5.41, 5.74) is -0.00722. The fourth-order valence-electron chi connectivity index (χ4n) is 4.45. The molecule has 3 heterocycles. The first-order valence-electron chi connectivity index (χ1n) is 12.3. The van der Waals surface area contributed by atoms with E-state index in [1.807, 2.05) is 19.9 Å². The molecule has 2 fully saturated rings. The smallest absolute Gasteiger partial charge is 0.344 e. The third-order valence-corrected chi connectivity index (χ3v) is 6.75. The molecule has 14 nitrogen and oxygen atoms in total. The summed E-state index contributed by atoms with van der Waals surface area (Å²) in [4.78, 5) is 13.1. The first kappa shape index (κ1) is 29.6. The van der Waals surface area contributed by atoms with E-state index in [-0.39, 0.29) is 11.3 Å². The Bertz CT molecular complexity index is 1060. The number of carbonyl (C=O) groups excluding carboxylic acids is 1. The van der Waals surface area contributed by atoms with Crippen LogP contribution in [0.3, 0.4) is 0 Å². The van der Waals surface area contributed by atoms with Crippen LogP contribution in [0.25, 0.3) is 6.08 Å². The lowest BCUT2D eigenvalue weighted by Crippen LogP contribution is -2.61. The minimum absolute atomic E-state index is 0.0188. The SMILES string of the molecule is COc1cc2c(cc1C(=O)OC1OC(COC3OC(CO)C(O)C(O)C3O)C(O)C(O)C1O)C=CC(C)(C)O2. The maximum atomic E-state index is 13.1. The van der Waals surface area contributed by atoms with Crippen molar-refractivity contribution < 1.29 is 69.0 Å². The highest BCUT2D eigenvalue weighted by Crippen LogP contribution is 2.37. The van der Waals surface area contributed by atoms with Crippen molar-refractivity contribution in [2.24, 2.45) is 0 Å². The van der Waals surface area contributed by atoms with Crippen LogP contribution in [0.4, 0.5) is 0 Å². The summed E-state index contributed by atoms with van der Waals surface area (Å²) in [6, 6.07) is 2.99. The molecule has 14 heteroatoms. The highest BCUT2D eigenvalue weighted by molar-refractivity contribution is 5.94. The molecule has 218 valence electrons. The molecule has 1 aromatic rings. The number of methoxy groups -OCH3 is 1. The summed E-state index contributed by atoms with van der Waals surface area (Å²) in [5, 5.41) is 70.4. The zero-order valence-corrected chi connectivity index (χ0v) is 21.5. The van der Waals surface area contributed by atoms with Gasteiger partial charge in [-0.05, 0) is 26.0 Å². The van der Waals surface area contributed by atoms with E-state index in [0.717, 1.165) is 0 Å². The molecule has 3 aliphatic heterocycles. The van der Waals surface area contributed by atoms with Crippen LogP contribution in [0.15, 0.2) is 18.2 Å². The summed E-state index contributed by atoms with van der Waals surface area (Å²) in [6.07, 6.45) is -12.7. The molecule has 3 aliphatic rings. The Balaban J connectivity index is 1.46. The highest BCUT2D eigenvalue weighted by atomic mass is 16.7. The minimum Gasteiger partial charge on any atom is -0.496 e. The van der Waals surface area contributed by atoms with Crippen LogP contribution in [0.1, 0.15) is 29.8 Å². The first-order chi connectivity index (χ1) is 18.4. The number of esters is 1. The molecule has 10 unspecified atom stereocenters. The van der Waals surface area contributed by atoms with Gasteiger partial charge in [0.05, 0.1) is 20.3 Å². The van der Waals surface area contributed by atoms with E-state index in [1.165, 1.54) is 19.2 Å². The lowest BCUT2D eigenvalue weighted by Gasteiger charge is -2.42. The Morgan fingerprint density at radius 1 is 0.897 bits per heavy atom. The van der Waals surface area contributed by atoms with Gasteiger partial charge < -0.3 is 64.2 Å². The topological polar surface area (TPSA) is 214 Å². The summed E-state index contributed by atoms with van der Waals surface area (Å²) in [5.74, 6) is -0.360. The first-order valence-corrected chi connectivity index (χ1v) is 12.3. The van der Waals surface area contributed by atoms with Crippen molar-refractivity contribution in [3.63, 3.8) is 0 Å². The number of benzene rings is 1. The molecule has 7 N–H and O–H groups in total. The van der Waals surface area contributed by atoms with Crippen molar-refractivity contribution in [2.75, 3.05) is 20.3 Å². The van der Waals surface area contributed by atoms with E-state index >= 15 is 0 Å². The number of ether oxygens (including phenoxy) is 6. The lowest BCUT2D eigenvalue weighted by molar-refractivity contribution is -0.325. The fraction of sp³-hybridized carbons (Fsp3) is 0.640. The predicted octanol–water partition coefficient (Wildman–Crippen LogP) is -2.34. The average molecular weight is 559 g/mol. The van der Waals surface area contributed by atoms with Crippen LogP contribution in [-0.4, -0.2) is 129 Å². The second-order valence-electron chi connectivity index (χ2n) is 10.1. The van der Waals surface area contributed by atoms with Crippen molar-refractivity contribution in [1.29, 1.82) is 0 Å². The highest BCUT2D eigenvalue weighted by Gasteiger charge is 2.48. The van der Waals surface area contributed by atoms with Gasteiger partial charge in [-0.3, -0.25) is 0 Å². The van der Waals surface area contributed by atoms with Gasteiger partial charge in [0.2, 0.25) is 6.29 Å². The Labute approximate surface area is 223 Å². The fourth-order valence-corrected chi connectivity index (χ4v) is 4.45. The number of hydrogen-bond acceptors (Lipinski definition) is 14. The van der Waals surface area contributed by atoms with E-state index < -0.39 is 86.2 Å². The molecule has 0 aliphatic carbocycles. The van der Waals surface area contributed by atoms with Crippen LogP contribution in [-0.2, 0) is 18.9 Å². The van der Waals surface area contributed by atoms with Gasteiger partial charge in [-0.25, -0.2) is 4.79 Å². The molecule has 0 radical (unpaired) electrons. The maximum absolute atomic E-state index is 13.1. The lowest BCUT2D eigenvalue weighted by atomic mass is 9.98. The van der Waals surface area contributed by atoms with Gasteiger partial charge in [0.15, 0.2) is 6.29 Å². The van der Waals surface area contributed by atoms with E-state index in [0.29, 0.717) is 11.3 Å². The number of rotatable bonds is 7. The van der Waals surface area contributed by atoms with Crippen LogP contribution in [0.5, 0.6) is 11.5 Å². The van der Waals surface area contributed by atoms with Crippen LogP contribution < -0.4 is 9.47 Å². The Morgan fingerprint density at radius 3 is 2.15 bits per heavy atom. The summed E-state index contributed by atoms with van der Waals surface area (Å²) >= 11 is 0. The molecule has 0 saturated carbocycles. The van der Waals surface area contributed by atoms with Gasteiger partial charge in [-0.1, -0.05) is 6.08 Å². The van der Waals surface area contributed by atoms with Crippen molar-refractivity contribution in [2.45, 2.75) is 80.9 Å². The third-order valence-electron chi connectivity index (χ3n) is 6.75. The molecule has 4 rings (SSSR count). The van der Waals surface area contributed by atoms with Crippen molar-refractivity contribution >= 4 is 12.0 Å². The number of aliphatic hydroxyl groups excluding tert-OH is 7. The van der Waals surface area contributed by atoms with Gasteiger partial charge in [0, 0.05) is 11.6 Å². The van der Waals surface area contributed by atoms with E-state index in [2.05, 4.69) is 0 Å². The third kappa shape index (κ3) is 6.05. The van der Waals surface area contributed by atoms with Crippen LogP contribution >= 0.6 is 0 Å². The van der Waals surface area contributed by atoms with E-state index in [4.69, 9.17) is 28.4 Å². The van der Waals surface area contributed by atoms with Crippen LogP contribution in [0.2, 0.25) is 0 Å². The largest absolute Gasteiger partial charge is 0.496 e. The molecular formula is C25H34O14. The molecule has 10 atom stereocenters. The van der Waals surface area contributed by atoms with E-state index in [1.54, 1.807) is 6.08 Å². The van der Waals surface area contributed by atoms with Crippen LogP contribution in [0, 0.1) is 0 Å². The van der Waals surface area contributed by atoms with Gasteiger partial charge in [-0.2, -0.15) is 0 Å². The molecule has 0 amide bonds. The minimum atomic E-state index is -1.83. The van der Waals surface area contributed by atoms with Crippen molar-refractivity contribution in [1.82, 2.24) is 0 Å². The Kier molecular flexibility index (Phi) is 8.82. The summed E-state index contributed by atoms with van der Waals surface area (Å²) in [7, 11) is 1.35. The predicted molar refractivity (Wildman–Crippen MR) is 129 cm³/mol. The van der Waals surface area contributed by atoms with Gasteiger partial charge in [-0.15, -0.1) is 0 Å². The number of aliphatic hydroxyl groups is 7. The Morgan fingerprint density at radius 2 is 1.51 bits per heavy atom. The monoisotopic (exact) mass is 558 g/mol. The van der Waals surface area contributed by atoms with Gasteiger partial charge >= 0.3 is 5.97 Å². The molecule has 2 saturated heterocycles. The molecule has 0 aromatic heterocycles. The summed E-state index contributed by atoms with van der Waals surface area (Å²) in [6.45, 7) is 2.48. The molecule has 0 bridgehead atoms. The molecule has 0 spiro atoms. The normalized spacial score (nSPS) is 37.5. The van der Waals surface area contributed by atoms with Gasteiger partial charge in [0.1, 0.15) is 71.5 Å². The van der Waals surface area contributed by atoms with Gasteiger partial charge in [0.25, 0.3) is 0 Å². The van der Waals surface area contributed by atoms with Crippen molar-refractivity contribution in [3.8, 4) is 11.5 Å².